The quantitative estimate of drug-likeness (QED) is 0.528. The van der Waals surface area contributed by atoms with Gasteiger partial charge in [-0.1, -0.05) is 13.8 Å². The summed E-state index contributed by atoms with van der Waals surface area (Å²) < 4.78 is 0. The first-order chi connectivity index (χ1) is 4.20. The van der Waals surface area contributed by atoms with Gasteiger partial charge >= 0.3 is 0 Å². The van der Waals surface area contributed by atoms with E-state index in [0.717, 1.165) is 6.54 Å². The highest BCUT2D eigenvalue weighted by Crippen LogP contribution is 2.18. The highest BCUT2D eigenvalue weighted by atomic mass is 16.7. The molecule has 0 aromatic rings. The summed E-state index contributed by atoms with van der Waals surface area (Å²) in [6, 6.07) is 0. The number of hydrogen-bond acceptors (Lipinski definition) is 2. The molecule has 0 amide bonds. The molecular weight excluding hydrogens is 114 g/mol. The van der Waals surface area contributed by atoms with Crippen LogP contribution in [0.2, 0.25) is 0 Å². The molecular formula is C7H15NO. The van der Waals surface area contributed by atoms with E-state index in [4.69, 9.17) is 4.84 Å². The number of rotatable bonds is 1. The fraction of sp³-hybridized carbons (Fsp3) is 1.00. The Bertz CT molecular complexity index is 92.9. The molecule has 0 N–H and O–H groups in total. The third kappa shape index (κ3) is 1.66. The second kappa shape index (κ2) is 2.67. The standard InChI is InChI=1S/C7H15NO/c1-6(2)7-4-5-8(3)9-7/h6-7H,4-5H2,1-3H3. The maximum Gasteiger partial charge on any atom is 0.0829 e. The van der Waals surface area contributed by atoms with Crippen molar-refractivity contribution in [2.24, 2.45) is 5.92 Å². The predicted octanol–water partition coefficient (Wildman–Crippen LogP) is 1.28. The molecule has 0 bridgehead atoms. The molecule has 0 saturated carbocycles. The van der Waals surface area contributed by atoms with Crippen molar-refractivity contribution in [1.29, 1.82) is 0 Å². The fourth-order valence-corrected chi connectivity index (χ4v) is 1.10. The van der Waals surface area contributed by atoms with Crippen LogP contribution in [-0.2, 0) is 4.84 Å². The Morgan fingerprint density at radius 2 is 2.22 bits per heavy atom. The van der Waals surface area contributed by atoms with Gasteiger partial charge in [0.25, 0.3) is 0 Å². The summed E-state index contributed by atoms with van der Waals surface area (Å²) in [5.41, 5.74) is 0. The molecule has 0 aromatic heterocycles. The molecule has 2 nitrogen and oxygen atoms in total. The Morgan fingerprint density at radius 3 is 2.44 bits per heavy atom. The Balaban J connectivity index is 2.30. The molecule has 1 fully saturated rings. The van der Waals surface area contributed by atoms with Crippen molar-refractivity contribution in [3.8, 4) is 0 Å². The van der Waals surface area contributed by atoms with Crippen LogP contribution in [0, 0.1) is 5.92 Å². The van der Waals surface area contributed by atoms with Crippen molar-refractivity contribution in [1.82, 2.24) is 5.06 Å². The van der Waals surface area contributed by atoms with E-state index < -0.39 is 0 Å². The van der Waals surface area contributed by atoms with Gasteiger partial charge in [0.15, 0.2) is 0 Å². The molecule has 0 spiro atoms. The topological polar surface area (TPSA) is 12.5 Å². The van der Waals surface area contributed by atoms with Gasteiger partial charge in [-0.15, -0.1) is 0 Å². The normalized spacial score (nSPS) is 30.0. The molecule has 1 saturated heterocycles. The van der Waals surface area contributed by atoms with Crippen molar-refractivity contribution in [3.05, 3.63) is 0 Å². The Morgan fingerprint density at radius 1 is 1.56 bits per heavy atom. The monoisotopic (exact) mass is 129 g/mol. The van der Waals surface area contributed by atoms with Gasteiger partial charge in [0.05, 0.1) is 6.10 Å². The van der Waals surface area contributed by atoms with Gasteiger partial charge in [0, 0.05) is 13.6 Å². The van der Waals surface area contributed by atoms with E-state index in [1.807, 2.05) is 12.1 Å². The smallest absolute Gasteiger partial charge is 0.0829 e. The van der Waals surface area contributed by atoms with Crippen LogP contribution in [0.3, 0.4) is 0 Å². The minimum absolute atomic E-state index is 0.468. The van der Waals surface area contributed by atoms with E-state index in [1.165, 1.54) is 6.42 Å². The molecule has 2 heteroatoms. The van der Waals surface area contributed by atoms with E-state index in [-0.39, 0.29) is 0 Å². The molecule has 0 radical (unpaired) electrons. The zero-order valence-corrected chi connectivity index (χ0v) is 6.42. The number of nitrogens with zero attached hydrogens (tertiary/aromatic N) is 1. The molecule has 1 atom stereocenters. The maximum atomic E-state index is 5.46. The van der Waals surface area contributed by atoms with Crippen LogP contribution in [0.4, 0.5) is 0 Å². The van der Waals surface area contributed by atoms with Gasteiger partial charge in [-0.25, -0.2) is 0 Å². The molecule has 1 aliphatic rings. The summed E-state index contributed by atoms with van der Waals surface area (Å²) in [5, 5.41) is 1.92. The molecule has 1 unspecified atom stereocenters. The fourth-order valence-electron chi connectivity index (χ4n) is 1.10. The van der Waals surface area contributed by atoms with Crippen molar-refractivity contribution in [3.63, 3.8) is 0 Å². The lowest BCUT2D eigenvalue weighted by Gasteiger charge is -2.13. The second-order valence-electron chi connectivity index (χ2n) is 3.03. The maximum absolute atomic E-state index is 5.46. The van der Waals surface area contributed by atoms with Crippen LogP contribution in [0.15, 0.2) is 0 Å². The highest BCUT2D eigenvalue weighted by Gasteiger charge is 2.22. The molecule has 1 heterocycles. The lowest BCUT2D eigenvalue weighted by Crippen LogP contribution is -2.17. The average molecular weight is 129 g/mol. The molecule has 1 rings (SSSR count). The minimum Gasteiger partial charge on any atom is -0.296 e. The predicted molar refractivity (Wildman–Crippen MR) is 37.0 cm³/mol. The molecule has 54 valence electrons. The van der Waals surface area contributed by atoms with Crippen molar-refractivity contribution >= 4 is 0 Å². The van der Waals surface area contributed by atoms with Gasteiger partial charge in [0.1, 0.15) is 0 Å². The Labute approximate surface area is 56.8 Å². The van der Waals surface area contributed by atoms with E-state index in [2.05, 4.69) is 13.8 Å². The van der Waals surface area contributed by atoms with Crippen LogP contribution >= 0.6 is 0 Å². The first-order valence-electron chi connectivity index (χ1n) is 3.58. The largest absolute Gasteiger partial charge is 0.296 e. The Hall–Kier alpha value is -0.0800. The first-order valence-corrected chi connectivity index (χ1v) is 3.58. The summed E-state index contributed by atoms with van der Waals surface area (Å²) in [4.78, 5) is 5.46. The van der Waals surface area contributed by atoms with Crippen molar-refractivity contribution < 1.29 is 4.84 Å². The zero-order valence-electron chi connectivity index (χ0n) is 6.42. The zero-order chi connectivity index (χ0) is 6.85. The molecule has 1 aliphatic heterocycles. The van der Waals surface area contributed by atoms with E-state index >= 15 is 0 Å². The van der Waals surface area contributed by atoms with Crippen LogP contribution in [0.5, 0.6) is 0 Å². The lowest BCUT2D eigenvalue weighted by atomic mass is 10.1. The van der Waals surface area contributed by atoms with Gasteiger partial charge < -0.3 is 0 Å². The number of hydroxylamine groups is 2. The van der Waals surface area contributed by atoms with Crippen LogP contribution in [-0.4, -0.2) is 24.8 Å². The van der Waals surface area contributed by atoms with Crippen LogP contribution < -0.4 is 0 Å². The van der Waals surface area contributed by atoms with E-state index in [1.54, 1.807) is 0 Å². The average Bonchev–Trinajstić information content (AvgIpc) is 2.14. The summed E-state index contributed by atoms with van der Waals surface area (Å²) in [6.07, 6.45) is 1.66. The highest BCUT2D eigenvalue weighted by molar-refractivity contribution is 4.67. The number of hydrogen-bond donors (Lipinski definition) is 0. The van der Waals surface area contributed by atoms with Crippen molar-refractivity contribution in [2.45, 2.75) is 26.4 Å². The van der Waals surface area contributed by atoms with Crippen LogP contribution in [0.25, 0.3) is 0 Å². The summed E-state index contributed by atoms with van der Waals surface area (Å²) in [7, 11) is 1.99. The lowest BCUT2D eigenvalue weighted by molar-refractivity contribution is -0.138. The van der Waals surface area contributed by atoms with Gasteiger partial charge in [0.2, 0.25) is 0 Å². The summed E-state index contributed by atoms with van der Waals surface area (Å²) >= 11 is 0. The summed E-state index contributed by atoms with van der Waals surface area (Å²) in [5.74, 6) is 0.662. The Kier molecular flexibility index (Phi) is 2.09. The molecule has 0 aromatic carbocycles. The van der Waals surface area contributed by atoms with Gasteiger partial charge in [-0.05, 0) is 12.3 Å². The minimum atomic E-state index is 0.468. The summed E-state index contributed by atoms with van der Waals surface area (Å²) in [6.45, 7) is 5.48. The molecule has 0 aliphatic carbocycles. The van der Waals surface area contributed by atoms with Gasteiger partial charge in [-0.3, -0.25) is 4.84 Å². The third-order valence-corrected chi connectivity index (χ3v) is 1.79. The van der Waals surface area contributed by atoms with E-state index in [0.29, 0.717) is 12.0 Å². The van der Waals surface area contributed by atoms with Gasteiger partial charge in [-0.2, -0.15) is 5.06 Å². The van der Waals surface area contributed by atoms with Crippen LogP contribution in [0.1, 0.15) is 20.3 Å². The SMILES string of the molecule is CC(C)C1CCN(C)O1. The second-order valence-corrected chi connectivity index (χ2v) is 3.03. The van der Waals surface area contributed by atoms with Crippen molar-refractivity contribution in [2.75, 3.05) is 13.6 Å². The first kappa shape index (κ1) is 7.03. The van der Waals surface area contributed by atoms with E-state index in [9.17, 15) is 0 Å². The molecule has 9 heavy (non-hydrogen) atoms. The third-order valence-electron chi connectivity index (χ3n) is 1.79.